The highest BCUT2D eigenvalue weighted by Crippen LogP contribution is 2.26. The fourth-order valence-electron chi connectivity index (χ4n) is 3.60. The fraction of sp³-hybridized carbons (Fsp3) is 0.385. The third-order valence-corrected chi connectivity index (χ3v) is 6.53. The Labute approximate surface area is 199 Å². The molecule has 3 aromatic rings. The standard InChI is InChI=1S/C26H32N4O2S/c1-4-6-12-20(5-2)23(31)27-22(17-19-10-8-7-9-11-19)24(32)28-26-30-29-25(33-26)21-15-13-18(3)14-16-21/h7-11,13-16,20,22H,4-6,12,17H2,1-3H3,(H,27,31)(H,28,30,32)/t20-,22+/m1/s1. The number of carbonyl (C=O) groups excluding carboxylic acids is 2. The Kier molecular flexibility index (Phi) is 9.13. The molecule has 0 unspecified atom stereocenters. The van der Waals surface area contributed by atoms with Crippen LogP contribution in [0.15, 0.2) is 54.6 Å². The van der Waals surface area contributed by atoms with E-state index < -0.39 is 6.04 Å². The lowest BCUT2D eigenvalue weighted by atomic mass is 9.97. The lowest BCUT2D eigenvalue weighted by Crippen LogP contribution is -2.47. The molecule has 2 N–H and O–H groups in total. The van der Waals surface area contributed by atoms with E-state index in [0.29, 0.717) is 11.6 Å². The molecule has 0 spiro atoms. The molecule has 2 amide bonds. The maximum atomic E-state index is 13.2. The van der Waals surface area contributed by atoms with Gasteiger partial charge in [-0.3, -0.25) is 14.9 Å². The van der Waals surface area contributed by atoms with Gasteiger partial charge in [-0.15, -0.1) is 10.2 Å². The summed E-state index contributed by atoms with van der Waals surface area (Å²) in [6, 6.07) is 17.0. The zero-order chi connectivity index (χ0) is 23.6. The Morgan fingerprint density at radius 1 is 0.970 bits per heavy atom. The van der Waals surface area contributed by atoms with Crippen LogP contribution in [0.4, 0.5) is 5.13 Å². The van der Waals surface area contributed by atoms with Crippen LogP contribution in [-0.2, 0) is 16.0 Å². The van der Waals surface area contributed by atoms with Crippen LogP contribution in [0.5, 0.6) is 0 Å². The summed E-state index contributed by atoms with van der Waals surface area (Å²) in [4.78, 5) is 26.1. The number of unbranched alkanes of at least 4 members (excludes halogenated alkanes) is 1. The minimum absolute atomic E-state index is 0.0698. The van der Waals surface area contributed by atoms with Crippen molar-refractivity contribution in [1.29, 1.82) is 0 Å². The van der Waals surface area contributed by atoms with Crippen LogP contribution in [0.3, 0.4) is 0 Å². The summed E-state index contributed by atoms with van der Waals surface area (Å²) in [5.41, 5.74) is 3.10. The number of nitrogens with zero attached hydrogens (tertiary/aromatic N) is 2. The van der Waals surface area contributed by atoms with Gasteiger partial charge in [0.05, 0.1) is 0 Å². The van der Waals surface area contributed by atoms with Gasteiger partial charge in [-0.05, 0) is 25.3 Å². The molecule has 33 heavy (non-hydrogen) atoms. The van der Waals surface area contributed by atoms with Crippen molar-refractivity contribution in [2.75, 3.05) is 5.32 Å². The number of anilines is 1. The van der Waals surface area contributed by atoms with E-state index in [2.05, 4.69) is 27.8 Å². The summed E-state index contributed by atoms with van der Waals surface area (Å²) >= 11 is 1.32. The van der Waals surface area contributed by atoms with Gasteiger partial charge < -0.3 is 5.32 Å². The first-order valence-corrected chi connectivity index (χ1v) is 12.4. The molecule has 1 aromatic heterocycles. The number of hydrogen-bond donors (Lipinski definition) is 2. The van der Waals surface area contributed by atoms with Gasteiger partial charge >= 0.3 is 0 Å². The molecule has 0 saturated heterocycles. The monoisotopic (exact) mass is 464 g/mol. The van der Waals surface area contributed by atoms with Crippen molar-refractivity contribution in [2.45, 2.75) is 58.9 Å². The number of nitrogens with one attached hydrogen (secondary N) is 2. The van der Waals surface area contributed by atoms with Gasteiger partial charge in [0, 0.05) is 17.9 Å². The summed E-state index contributed by atoms with van der Waals surface area (Å²) in [5, 5.41) is 15.4. The number of aryl methyl sites for hydroxylation is 1. The highest BCUT2D eigenvalue weighted by molar-refractivity contribution is 7.18. The second kappa shape index (κ2) is 12.3. The summed E-state index contributed by atoms with van der Waals surface area (Å²) in [5.74, 6) is -0.450. The molecule has 0 aliphatic heterocycles. The first-order valence-electron chi connectivity index (χ1n) is 11.6. The average Bonchev–Trinajstić information content (AvgIpc) is 3.28. The van der Waals surface area contributed by atoms with Crippen LogP contribution < -0.4 is 10.6 Å². The molecule has 174 valence electrons. The van der Waals surface area contributed by atoms with Gasteiger partial charge in [-0.1, -0.05) is 98.2 Å². The van der Waals surface area contributed by atoms with Gasteiger partial charge in [0.15, 0.2) is 0 Å². The molecule has 0 bridgehead atoms. The summed E-state index contributed by atoms with van der Waals surface area (Å²) < 4.78 is 0. The minimum atomic E-state index is -0.692. The van der Waals surface area contributed by atoms with Crippen molar-refractivity contribution in [3.63, 3.8) is 0 Å². The second-order valence-corrected chi connectivity index (χ2v) is 9.24. The van der Waals surface area contributed by atoms with E-state index in [4.69, 9.17) is 0 Å². The first kappa shape index (κ1) is 24.6. The van der Waals surface area contributed by atoms with E-state index in [0.717, 1.165) is 41.8 Å². The number of amides is 2. The molecule has 0 aliphatic rings. The molecule has 7 heteroatoms. The Bertz CT molecular complexity index is 1030. The molecule has 0 saturated carbocycles. The Balaban J connectivity index is 1.73. The van der Waals surface area contributed by atoms with Crippen molar-refractivity contribution in [3.8, 4) is 10.6 Å². The molecule has 0 aliphatic carbocycles. The van der Waals surface area contributed by atoms with E-state index >= 15 is 0 Å². The zero-order valence-electron chi connectivity index (χ0n) is 19.5. The van der Waals surface area contributed by atoms with Crippen molar-refractivity contribution < 1.29 is 9.59 Å². The molecule has 0 fully saturated rings. The second-order valence-electron chi connectivity index (χ2n) is 8.27. The largest absolute Gasteiger partial charge is 0.344 e. The van der Waals surface area contributed by atoms with Crippen molar-refractivity contribution in [2.24, 2.45) is 5.92 Å². The Morgan fingerprint density at radius 3 is 2.36 bits per heavy atom. The normalized spacial score (nSPS) is 12.7. The van der Waals surface area contributed by atoms with Crippen molar-refractivity contribution >= 4 is 28.3 Å². The molecule has 2 atom stereocenters. The van der Waals surface area contributed by atoms with Crippen LogP contribution in [-0.4, -0.2) is 28.1 Å². The highest BCUT2D eigenvalue weighted by Gasteiger charge is 2.26. The maximum absolute atomic E-state index is 13.2. The van der Waals surface area contributed by atoms with E-state index in [9.17, 15) is 9.59 Å². The fourth-order valence-corrected chi connectivity index (χ4v) is 4.35. The van der Waals surface area contributed by atoms with Crippen molar-refractivity contribution in [1.82, 2.24) is 15.5 Å². The van der Waals surface area contributed by atoms with E-state index in [1.54, 1.807) is 0 Å². The van der Waals surface area contributed by atoms with Gasteiger partial charge in [0.1, 0.15) is 11.0 Å². The van der Waals surface area contributed by atoms with Crippen LogP contribution in [0.2, 0.25) is 0 Å². The number of aromatic nitrogens is 2. The van der Waals surface area contributed by atoms with Crippen molar-refractivity contribution in [3.05, 3.63) is 65.7 Å². The quantitative estimate of drug-likeness (QED) is 0.398. The summed E-state index contributed by atoms with van der Waals surface area (Å²) in [6.45, 7) is 6.16. The SMILES string of the molecule is CCCC[C@@H](CC)C(=O)N[C@@H](Cc1ccccc1)C(=O)Nc1nnc(-c2ccc(C)cc2)s1. The Morgan fingerprint density at radius 2 is 1.70 bits per heavy atom. The van der Waals surface area contributed by atoms with Crippen LogP contribution in [0, 0.1) is 12.8 Å². The smallest absolute Gasteiger partial charge is 0.249 e. The molecule has 6 nitrogen and oxygen atoms in total. The van der Waals surface area contributed by atoms with Gasteiger partial charge in [-0.25, -0.2) is 0 Å². The number of benzene rings is 2. The van der Waals surface area contributed by atoms with E-state index in [-0.39, 0.29) is 17.7 Å². The predicted molar refractivity (Wildman–Crippen MR) is 134 cm³/mol. The molecular formula is C26H32N4O2S. The third-order valence-electron chi connectivity index (χ3n) is 5.64. The minimum Gasteiger partial charge on any atom is -0.344 e. The number of hydrogen-bond acceptors (Lipinski definition) is 5. The molecular weight excluding hydrogens is 432 g/mol. The summed E-state index contributed by atoms with van der Waals surface area (Å²) in [6.07, 6.45) is 4.02. The average molecular weight is 465 g/mol. The van der Waals surface area contributed by atoms with Gasteiger partial charge in [0.2, 0.25) is 16.9 Å². The third kappa shape index (κ3) is 7.22. The summed E-state index contributed by atoms with van der Waals surface area (Å²) in [7, 11) is 0. The van der Waals surface area contributed by atoms with Gasteiger partial charge in [-0.2, -0.15) is 0 Å². The molecule has 2 aromatic carbocycles. The highest BCUT2D eigenvalue weighted by atomic mass is 32.1. The number of rotatable bonds is 11. The van der Waals surface area contributed by atoms with Crippen LogP contribution >= 0.6 is 11.3 Å². The predicted octanol–water partition coefficient (Wildman–Crippen LogP) is 5.40. The lowest BCUT2D eigenvalue weighted by molar-refractivity contribution is -0.129. The Hall–Kier alpha value is -3.06. The first-order chi connectivity index (χ1) is 16.0. The topological polar surface area (TPSA) is 84.0 Å². The maximum Gasteiger partial charge on any atom is 0.249 e. The molecule has 0 radical (unpaired) electrons. The molecule has 1 heterocycles. The zero-order valence-corrected chi connectivity index (χ0v) is 20.3. The lowest BCUT2D eigenvalue weighted by Gasteiger charge is -2.21. The molecule has 3 rings (SSSR count). The number of carbonyl (C=O) groups is 2. The van der Waals surface area contributed by atoms with Crippen LogP contribution in [0.1, 0.15) is 50.7 Å². The van der Waals surface area contributed by atoms with Gasteiger partial charge in [0.25, 0.3) is 0 Å². The van der Waals surface area contributed by atoms with Crippen LogP contribution in [0.25, 0.3) is 10.6 Å². The van der Waals surface area contributed by atoms with E-state index in [1.165, 1.54) is 16.9 Å². The van der Waals surface area contributed by atoms with E-state index in [1.807, 2.05) is 68.4 Å².